The Labute approximate surface area is 170 Å². The zero-order valence-corrected chi connectivity index (χ0v) is 16.1. The summed E-state index contributed by atoms with van der Waals surface area (Å²) in [7, 11) is 0. The summed E-state index contributed by atoms with van der Waals surface area (Å²) in [5.41, 5.74) is 1.18. The van der Waals surface area contributed by atoms with Crippen LogP contribution in [0.2, 0.25) is 20.1 Å². The second-order valence-corrected chi connectivity index (χ2v) is 6.94. The minimum absolute atomic E-state index is 0.286. The molecule has 1 heterocycles. The Hall–Kier alpha value is -1.91. The van der Waals surface area contributed by atoms with E-state index in [1.807, 2.05) is 0 Å². The lowest BCUT2D eigenvalue weighted by molar-refractivity contribution is -0.111. The normalized spacial score (nSPS) is 11.1. The topological polar surface area (TPSA) is 42.2 Å². The van der Waals surface area contributed by atoms with Crippen LogP contribution in [0.5, 0.6) is 0 Å². The van der Waals surface area contributed by atoms with Crippen LogP contribution in [0.15, 0.2) is 59.0 Å². The summed E-state index contributed by atoms with van der Waals surface area (Å²) in [6, 6.07) is 13.6. The zero-order chi connectivity index (χ0) is 18.7. The maximum Gasteiger partial charge on any atom is 0.248 e. The number of nitrogens with one attached hydrogen (secondary N) is 1. The van der Waals surface area contributed by atoms with E-state index in [-0.39, 0.29) is 10.9 Å². The first kappa shape index (κ1) is 18.9. The number of halogens is 4. The molecule has 26 heavy (non-hydrogen) atoms. The molecule has 3 rings (SSSR count). The summed E-state index contributed by atoms with van der Waals surface area (Å²) in [6.07, 6.45) is 2.88. The summed E-state index contributed by atoms with van der Waals surface area (Å²) in [5.74, 6) is 0.730. The predicted octanol–water partition coefficient (Wildman–Crippen LogP) is 7.21. The number of carbonyl (C=O) groups excluding carboxylic acids is 1. The molecule has 1 amide bonds. The van der Waals surface area contributed by atoms with Crippen molar-refractivity contribution in [3.8, 4) is 11.3 Å². The van der Waals surface area contributed by atoms with Gasteiger partial charge in [-0.2, -0.15) is 0 Å². The summed E-state index contributed by atoms with van der Waals surface area (Å²) < 4.78 is 5.69. The van der Waals surface area contributed by atoms with Crippen LogP contribution in [0.1, 0.15) is 5.76 Å². The van der Waals surface area contributed by atoms with E-state index < -0.39 is 0 Å². The maximum atomic E-state index is 12.0. The van der Waals surface area contributed by atoms with Crippen LogP contribution < -0.4 is 5.32 Å². The van der Waals surface area contributed by atoms with Crippen LogP contribution in [-0.4, -0.2) is 5.91 Å². The Morgan fingerprint density at radius 2 is 1.69 bits per heavy atom. The highest BCUT2D eigenvalue weighted by molar-refractivity contribution is 6.44. The minimum atomic E-state index is -0.363. The maximum absolute atomic E-state index is 12.0. The third-order valence-electron chi connectivity index (χ3n) is 3.38. The summed E-state index contributed by atoms with van der Waals surface area (Å²) in [6.45, 7) is 0. The van der Waals surface area contributed by atoms with Crippen molar-refractivity contribution in [2.24, 2.45) is 0 Å². The number of carbonyl (C=O) groups is 1. The molecule has 1 aromatic heterocycles. The number of anilines is 1. The van der Waals surface area contributed by atoms with Crippen LogP contribution in [0.25, 0.3) is 17.4 Å². The van der Waals surface area contributed by atoms with Gasteiger partial charge in [-0.25, -0.2) is 0 Å². The summed E-state index contributed by atoms with van der Waals surface area (Å²) in [5, 5.41) is 4.33. The lowest BCUT2D eigenvalue weighted by Gasteiger charge is -2.05. The van der Waals surface area contributed by atoms with Gasteiger partial charge in [-0.3, -0.25) is 4.79 Å². The van der Waals surface area contributed by atoms with Crippen LogP contribution in [0.3, 0.4) is 0 Å². The molecule has 3 nitrogen and oxygen atoms in total. The Bertz CT molecular complexity index is 975. The average molecular weight is 427 g/mol. The number of hydrogen-bond acceptors (Lipinski definition) is 2. The monoisotopic (exact) mass is 425 g/mol. The molecule has 1 N–H and O–H groups in total. The van der Waals surface area contributed by atoms with Gasteiger partial charge in [0.2, 0.25) is 5.91 Å². The first-order valence-electron chi connectivity index (χ1n) is 7.42. The van der Waals surface area contributed by atoms with Crippen molar-refractivity contribution in [3.05, 3.63) is 80.5 Å². The van der Waals surface area contributed by atoms with Crippen molar-refractivity contribution in [2.75, 3.05) is 5.32 Å². The van der Waals surface area contributed by atoms with Crippen LogP contribution >= 0.6 is 46.4 Å². The fourth-order valence-electron chi connectivity index (χ4n) is 2.23. The largest absolute Gasteiger partial charge is 0.457 e. The third kappa shape index (κ3) is 4.63. The first-order valence-corrected chi connectivity index (χ1v) is 8.93. The molecular weight excluding hydrogens is 416 g/mol. The average Bonchev–Trinajstić information content (AvgIpc) is 3.05. The number of benzene rings is 2. The van der Waals surface area contributed by atoms with Gasteiger partial charge in [-0.05, 0) is 48.5 Å². The lowest BCUT2D eigenvalue weighted by atomic mass is 10.2. The molecule has 0 unspecified atom stereocenters. The molecule has 132 valence electrons. The van der Waals surface area contributed by atoms with Gasteiger partial charge in [0.25, 0.3) is 0 Å². The van der Waals surface area contributed by atoms with Crippen molar-refractivity contribution < 1.29 is 9.21 Å². The molecule has 0 aliphatic rings. The number of rotatable bonds is 4. The number of furan rings is 1. The van der Waals surface area contributed by atoms with Crippen molar-refractivity contribution in [3.63, 3.8) is 0 Å². The molecule has 0 fully saturated rings. The molecule has 0 saturated carbocycles. The van der Waals surface area contributed by atoms with Crippen LogP contribution in [-0.2, 0) is 4.79 Å². The Balaban J connectivity index is 1.72. The van der Waals surface area contributed by atoms with E-state index in [0.717, 1.165) is 5.56 Å². The number of amides is 1. The molecule has 3 aromatic rings. The highest BCUT2D eigenvalue weighted by Gasteiger charge is 2.08. The highest BCUT2D eigenvalue weighted by atomic mass is 35.5. The fraction of sp³-hybridized carbons (Fsp3) is 0. The molecule has 0 saturated heterocycles. The first-order chi connectivity index (χ1) is 12.4. The molecule has 0 bridgehead atoms. The van der Waals surface area contributed by atoms with Crippen molar-refractivity contribution in [1.82, 2.24) is 0 Å². The summed E-state index contributed by atoms with van der Waals surface area (Å²) >= 11 is 24.0. The second-order valence-electron chi connectivity index (χ2n) is 5.28. The fourth-order valence-corrected chi connectivity index (χ4v) is 3.10. The van der Waals surface area contributed by atoms with Crippen molar-refractivity contribution in [1.29, 1.82) is 0 Å². The van der Waals surface area contributed by atoms with E-state index in [4.69, 9.17) is 50.8 Å². The molecule has 0 aliphatic carbocycles. The zero-order valence-electron chi connectivity index (χ0n) is 13.1. The lowest BCUT2D eigenvalue weighted by Crippen LogP contribution is -2.08. The Morgan fingerprint density at radius 3 is 2.42 bits per heavy atom. The summed E-state index contributed by atoms with van der Waals surface area (Å²) in [4.78, 5) is 12.0. The Morgan fingerprint density at radius 1 is 0.962 bits per heavy atom. The van der Waals surface area contributed by atoms with Crippen molar-refractivity contribution in [2.45, 2.75) is 0 Å². The van der Waals surface area contributed by atoms with Gasteiger partial charge < -0.3 is 9.73 Å². The van der Waals surface area contributed by atoms with Crippen LogP contribution in [0, 0.1) is 0 Å². The molecule has 0 atom stereocenters. The van der Waals surface area contributed by atoms with E-state index in [1.54, 1.807) is 54.6 Å². The standard InChI is InChI=1S/C19H11Cl4NO2/c20-12-8-11(9-13(21)10-12)17-6-4-14(26-17)5-7-18(25)24-16-3-1-2-15(22)19(16)23/h1-10H,(H,24,25). The highest BCUT2D eigenvalue weighted by Crippen LogP contribution is 2.30. The van der Waals surface area contributed by atoms with E-state index in [9.17, 15) is 4.79 Å². The Kier molecular flexibility index (Phi) is 5.94. The molecular formula is C19H11Cl4NO2. The van der Waals surface area contributed by atoms with E-state index >= 15 is 0 Å². The van der Waals surface area contributed by atoms with E-state index in [2.05, 4.69) is 5.32 Å². The van der Waals surface area contributed by atoms with Gasteiger partial charge >= 0.3 is 0 Å². The molecule has 2 aromatic carbocycles. The van der Waals surface area contributed by atoms with E-state index in [1.165, 1.54) is 6.08 Å². The van der Waals surface area contributed by atoms with Gasteiger partial charge in [-0.1, -0.05) is 52.5 Å². The van der Waals surface area contributed by atoms with Gasteiger partial charge in [-0.15, -0.1) is 0 Å². The van der Waals surface area contributed by atoms with Gasteiger partial charge in [0.15, 0.2) is 0 Å². The number of hydrogen-bond donors (Lipinski definition) is 1. The van der Waals surface area contributed by atoms with Gasteiger partial charge in [0.05, 0.1) is 15.7 Å². The van der Waals surface area contributed by atoms with E-state index in [0.29, 0.717) is 32.3 Å². The van der Waals surface area contributed by atoms with Gasteiger partial charge in [0, 0.05) is 21.7 Å². The predicted molar refractivity (Wildman–Crippen MR) is 108 cm³/mol. The second kappa shape index (κ2) is 8.19. The third-order valence-corrected chi connectivity index (χ3v) is 4.64. The SMILES string of the molecule is O=C(C=Cc1ccc(-c2cc(Cl)cc(Cl)c2)o1)Nc1cccc(Cl)c1Cl. The molecule has 7 heteroatoms. The van der Waals surface area contributed by atoms with Gasteiger partial charge in [0.1, 0.15) is 11.5 Å². The molecule has 0 radical (unpaired) electrons. The molecule has 0 aliphatic heterocycles. The molecule has 0 spiro atoms. The van der Waals surface area contributed by atoms with Crippen molar-refractivity contribution >= 4 is 64.1 Å². The minimum Gasteiger partial charge on any atom is -0.457 e. The smallest absolute Gasteiger partial charge is 0.248 e. The van der Waals surface area contributed by atoms with Crippen LogP contribution in [0.4, 0.5) is 5.69 Å². The quantitative estimate of drug-likeness (QED) is 0.447.